The van der Waals surface area contributed by atoms with Gasteiger partial charge < -0.3 is 25.7 Å². The highest BCUT2D eigenvalue weighted by molar-refractivity contribution is 7.13. The van der Waals surface area contributed by atoms with E-state index in [9.17, 15) is 19.2 Å². The van der Waals surface area contributed by atoms with Gasteiger partial charge >= 0.3 is 11.8 Å². The average molecular weight is 536 g/mol. The molecule has 0 spiro atoms. The highest BCUT2D eigenvalue weighted by Crippen LogP contribution is 2.32. The van der Waals surface area contributed by atoms with E-state index in [-0.39, 0.29) is 22.7 Å². The summed E-state index contributed by atoms with van der Waals surface area (Å²) in [7, 11) is 5.12. The van der Waals surface area contributed by atoms with Gasteiger partial charge in [0.1, 0.15) is 5.82 Å². The standard InChI is InChI=1S/C22H26ClN7O5S/c1-29(2)22(34)11-4-6-13(25-17(31)18(32)27-16-7-5-12(23)9-24-16)14(8-11)26-19(33)21-28-20-15(36-21)10-30(3)35-20/h5,7,9,11,13-14H,4,6,8,10H2,1-3H3,(H,25,31)(H,26,33)(H,24,27,32)/t11-,13-,14+/m0/s1. The zero-order valence-electron chi connectivity index (χ0n) is 19.9. The Balaban J connectivity index is 1.44. The minimum Gasteiger partial charge on any atom is -0.384 e. The molecule has 0 unspecified atom stereocenters. The second kappa shape index (κ2) is 10.8. The van der Waals surface area contributed by atoms with Gasteiger partial charge in [0.25, 0.3) is 11.8 Å². The van der Waals surface area contributed by atoms with Crippen molar-refractivity contribution in [2.24, 2.45) is 5.92 Å². The Labute approximate surface area is 216 Å². The van der Waals surface area contributed by atoms with Gasteiger partial charge in [-0.15, -0.1) is 16.4 Å². The van der Waals surface area contributed by atoms with Crippen LogP contribution >= 0.6 is 22.9 Å². The molecule has 4 rings (SSSR count). The maximum absolute atomic E-state index is 13.0. The number of amides is 4. The topological polar surface area (TPSA) is 146 Å². The Morgan fingerprint density at radius 2 is 1.92 bits per heavy atom. The van der Waals surface area contributed by atoms with Crippen LogP contribution in [0.2, 0.25) is 5.02 Å². The van der Waals surface area contributed by atoms with Crippen molar-refractivity contribution in [1.82, 2.24) is 30.6 Å². The van der Waals surface area contributed by atoms with Crippen LogP contribution in [-0.2, 0) is 20.9 Å². The van der Waals surface area contributed by atoms with Crippen LogP contribution < -0.4 is 20.8 Å². The number of halogens is 1. The van der Waals surface area contributed by atoms with Crippen LogP contribution in [0.15, 0.2) is 18.3 Å². The summed E-state index contributed by atoms with van der Waals surface area (Å²) >= 11 is 7.02. The fourth-order valence-corrected chi connectivity index (χ4v) is 5.21. The van der Waals surface area contributed by atoms with E-state index in [1.165, 1.54) is 34.6 Å². The SMILES string of the molecule is CN1Cc2sc(C(=O)N[C@@H]3C[C@@H](C(=O)N(C)C)CC[C@@H]3NC(=O)C(=O)Nc3ccc(Cl)cn3)nc2O1. The number of anilines is 1. The molecule has 0 saturated heterocycles. The fourth-order valence-electron chi connectivity index (χ4n) is 4.17. The van der Waals surface area contributed by atoms with Gasteiger partial charge in [0.2, 0.25) is 5.91 Å². The molecule has 192 valence electrons. The third kappa shape index (κ3) is 5.91. The first kappa shape index (κ1) is 25.8. The summed E-state index contributed by atoms with van der Waals surface area (Å²) in [4.78, 5) is 66.7. The lowest BCUT2D eigenvalue weighted by atomic mass is 9.81. The predicted octanol–water partition coefficient (Wildman–Crippen LogP) is 1.04. The number of nitrogens with one attached hydrogen (secondary N) is 3. The van der Waals surface area contributed by atoms with Gasteiger partial charge in [0.15, 0.2) is 5.01 Å². The average Bonchev–Trinajstić information content (AvgIpc) is 3.38. The molecule has 1 fully saturated rings. The largest absolute Gasteiger partial charge is 0.384 e. The second-order valence-electron chi connectivity index (χ2n) is 8.84. The number of aromatic nitrogens is 2. The Morgan fingerprint density at radius 3 is 2.58 bits per heavy atom. The van der Waals surface area contributed by atoms with E-state index < -0.39 is 29.8 Å². The van der Waals surface area contributed by atoms with Crippen LogP contribution in [0.25, 0.3) is 0 Å². The van der Waals surface area contributed by atoms with Gasteiger partial charge in [-0.2, -0.15) is 4.98 Å². The number of fused-ring (bicyclic) bond motifs is 1. The fraction of sp³-hybridized carbons (Fsp3) is 0.455. The third-order valence-corrected chi connectivity index (χ3v) is 7.16. The molecule has 0 aromatic carbocycles. The summed E-state index contributed by atoms with van der Waals surface area (Å²) in [5.74, 6) is -2.03. The van der Waals surface area contributed by atoms with Crippen LogP contribution in [0.3, 0.4) is 0 Å². The number of pyridine rings is 1. The van der Waals surface area contributed by atoms with Crippen molar-refractivity contribution in [1.29, 1.82) is 0 Å². The maximum atomic E-state index is 13.0. The molecule has 1 saturated carbocycles. The Kier molecular flexibility index (Phi) is 7.71. The van der Waals surface area contributed by atoms with E-state index in [2.05, 4.69) is 25.9 Å². The Morgan fingerprint density at radius 1 is 1.14 bits per heavy atom. The predicted molar refractivity (Wildman–Crippen MR) is 131 cm³/mol. The highest BCUT2D eigenvalue weighted by Gasteiger charge is 2.38. The number of carbonyl (C=O) groups excluding carboxylic acids is 4. The van der Waals surface area contributed by atoms with Crippen molar-refractivity contribution in [2.75, 3.05) is 26.5 Å². The number of hydrogen-bond acceptors (Lipinski definition) is 9. The summed E-state index contributed by atoms with van der Waals surface area (Å²) < 4.78 is 0. The van der Waals surface area contributed by atoms with Gasteiger partial charge in [0, 0.05) is 39.3 Å². The Hall–Kier alpha value is -3.29. The molecular weight excluding hydrogens is 510 g/mol. The molecule has 0 radical (unpaired) electrons. The summed E-state index contributed by atoms with van der Waals surface area (Å²) in [5.41, 5.74) is 0. The number of hydroxylamine groups is 2. The van der Waals surface area contributed by atoms with Gasteiger partial charge in [-0.25, -0.2) is 4.98 Å². The summed E-state index contributed by atoms with van der Waals surface area (Å²) in [6.45, 7) is 0.527. The molecule has 2 aliphatic rings. The molecular formula is C22H26ClN7O5S. The molecule has 2 aromatic rings. The summed E-state index contributed by atoms with van der Waals surface area (Å²) in [5, 5.41) is 10.3. The van der Waals surface area contributed by atoms with Crippen LogP contribution in [0, 0.1) is 5.92 Å². The molecule has 36 heavy (non-hydrogen) atoms. The molecule has 3 N–H and O–H groups in total. The normalized spacial score (nSPS) is 21.2. The molecule has 12 nitrogen and oxygen atoms in total. The van der Waals surface area contributed by atoms with Crippen molar-refractivity contribution in [3.63, 3.8) is 0 Å². The van der Waals surface area contributed by atoms with Crippen LogP contribution in [0.5, 0.6) is 5.88 Å². The molecule has 4 amide bonds. The van der Waals surface area contributed by atoms with Crippen LogP contribution in [0.1, 0.15) is 33.9 Å². The first-order valence-electron chi connectivity index (χ1n) is 11.2. The summed E-state index contributed by atoms with van der Waals surface area (Å²) in [6.07, 6.45) is 2.55. The number of rotatable bonds is 5. The van der Waals surface area contributed by atoms with Crippen LogP contribution in [-0.4, -0.2) is 76.8 Å². The lowest BCUT2D eigenvalue weighted by molar-refractivity contribution is -0.137. The number of nitrogens with zero attached hydrogens (tertiary/aromatic N) is 4. The maximum Gasteiger partial charge on any atom is 0.314 e. The number of thiazole rings is 1. The van der Waals surface area contributed by atoms with E-state index in [0.717, 1.165) is 4.88 Å². The quantitative estimate of drug-likeness (QED) is 0.481. The molecule has 1 aliphatic carbocycles. The smallest absolute Gasteiger partial charge is 0.314 e. The van der Waals surface area contributed by atoms with Gasteiger partial charge in [-0.3, -0.25) is 19.2 Å². The molecule has 0 bridgehead atoms. The lowest BCUT2D eigenvalue weighted by Crippen LogP contribution is -2.57. The van der Waals surface area contributed by atoms with E-state index in [1.807, 2.05) is 0 Å². The first-order valence-corrected chi connectivity index (χ1v) is 12.4. The first-order chi connectivity index (χ1) is 17.1. The van der Waals surface area contributed by atoms with Gasteiger partial charge in [-0.1, -0.05) is 11.6 Å². The highest BCUT2D eigenvalue weighted by atomic mass is 35.5. The Bertz CT molecular complexity index is 1150. The molecule has 3 atom stereocenters. The van der Waals surface area contributed by atoms with Gasteiger partial charge in [-0.05, 0) is 31.4 Å². The van der Waals surface area contributed by atoms with Crippen molar-refractivity contribution in [3.8, 4) is 5.88 Å². The van der Waals surface area contributed by atoms with E-state index in [1.54, 1.807) is 26.2 Å². The van der Waals surface area contributed by atoms with Crippen LogP contribution in [0.4, 0.5) is 5.82 Å². The number of carbonyl (C=O) groups is 4. The van der Waals surface area contributed by atoms with Crippen molar-refractivity contribution >= 4 is 52.4 Å². The van der Waals surface area contributed by atoms with E-state index in [4.69, 9.17) is 16.4 Å². The number of hydrogen-bond donors (Lipinski definition) is 3. The minimum absolute atomic E-state index is 0.0600. The van der Waals surface area contributed by atoms with E-state index in [0.29, 0.717) is 36.7 Å². The molecule has 2 aromatic heterocycles. The zero-order valence-corrected chi connectivity index (χ0v) is 21.5. The lowest BCUT2D eigenvalue weighted by Gasteiger charge is -2.37. The molecule has 14 heteroatoms. The third-order valence-electron chi connectivity index (χ3n) is 5.91. The monoisotopic (exact) mass is 535 g/mol. The minimum atomic E-state index is -0.904. The second-order valence-corrected chi connectivity index (χ2v) is 10.4. The molecule has 3 heterocycles. The van der Waals surface area contributed by atoms with Crippen molar-refractivity contribution < 1.29 is 24.0 Å². The zero-order chi connectivity index (χ0) is 26.0. The molecule has 1 aliphatic heterocycles. The van der Waals surface area contributed by atoms with Gasteiger partial charge in [0.05, 0.1) is 22.5 Å². The van der Waals surface area contributed by atoms with Crippen molar-refractivity contribution in [3.05, 3.63) is 33.2 Å². The summed E-state index contributed by atoms with van der Waals surface area (Å²) in [6, 6.07) is 1.86. The van der Waals surface area contributed by atoms with Crippen molar-refractivity contribution in [2.45, 2.75) is 37.9 Å². The van der Waals surface area contributed by atoms with E-state index >= 15 is 0 Å².